The quantitative estimate of drug-likeness (QED) is 0.870. The van der Waals surface area contributed by atoms with Gasteiger partial charge in [-0.1, -0.05) is 19.3 Å². The fourth-order valence-corrected chi connectivity index (χ4v) is 3.88. The number of hydrogen-bond donors (Lipinski definition) is 1. The molecule has 0 aliphatic heterocycles. The highest BCUT2D eigenvalue weighted by atomic mass is 32.1. The van der Waals surface area contributed by atoms with Gasteiger partial charge in [0.1, 0.15) is 0 Å². The topological polar surface area (TPSA) is 34.2 Å². The van der Waals surface area contributed by atoms with Crippen LogP contribution in [0.15, 0.2) is 5.38 Å². The zero-order chi connectivity index (χ0) is 13.7. The van der Waals surface area contributed by atoms with E-state index in [-0.39, 0.29) is 0 Å². The number of nitrogens with one attached hydrogen (secondary N) is 1. The number of methoxy groups -OCH3 is 1. The number of hydrogen-bond acceptors (Lipinski definition) is 4. The van der Waals surface area contributed by atoms with Crippen molar-refractivity contribution >= 4 is 11.3 Å². The number of ether oxygens (including phenoxy) is 1. The van der Waals surface area contributed by atoms with Gasteiger partial charge in [-0.25, -0.2) is 4.98 Å². The summed E-state index contributed by atoms with van der Waals surface area (Å²) in [4.78, 5) is 4.58. The second-order valence-corrected chi connectivity index (χ2v) is 6.62. The first-order valence-corrected chi connectivity index (χ1v) is 8.23. The second kappa shape index (κ2) is 7.36. The van der Waals surface area contributed by atoms with E-state index < -0.39 is 0 Å². The van der Waals surface area contributed by atoms with E-state index in [9.17, 15) is 0 Å². The fraction of sp³-hybridized carbons (Fsp3) is 0.800. The smallest absolute Gasteiger partial charge is 0.0897 e. The molecule has 1 N–H and O–H groups in total. The number of likely N-dealkylation sites (N-methyl/N-ethyl adjacent to an activating group) is 1. The third-order valence-electron chi connectivity index (χ3n) is 4.25. The minimum Gasteiger partial charge on any atom is -0.380 e. The van der Waals surface area contributed by atoms with E-state index in [1.54, 1.807) is 11.3 Å². The van der Waals surface area contributed by atoms with E-state index in [4.69, 9.17) is 4.74 Å². The number of aryl methyl sites for hydroxylation is 1. The van der Waals surface area contributed by atoms with Crippen molar-refractivity contribution in [2.24, 2.45) is 5.92 Å². The molecule has 0 bridgehead atoms. The Morgan fingerprint density at radius 3 is 2.68 bits per heavy atom. The summed E-state index contributed by atoms with van der Waals surface area (Å²) in [6.07, 6.45) is 8.01. The van der Waals surface area contributed by atoms with Crippen LogP contribution in [0.1, 0.15) is 42.8 Å². The van der Waals surface area contributed by atoms with Crippen LogP contribution in [0.4, 0.5) is 0 Å². The molecule has 1 aromatic heterocycles. The SMILES string of the molecule is CNC(Cc1csc(C)n1)C(OC)C1CCCCC1. The Morgan fingerprint density at radius 2 is 2.16 bits per heavy atom. The molecule has 1 saturated carbocycles. The summed E-state index contributed by atoms with van der Waals surface area (Å²) < 4.78 is 5.83. The highest BCUT2D eigenvalue weighted by Gasteiger charge is 2.30. The zero-order valence-corrected chi connectivity index (χ0v) is 13.1. The molecule has 0 saturated heterocycles. The molecule has 4 heteroatoms. The predicted octanol–water partition coefficient (Wildman–Crippen LogP) is 3.18. The Hall–Kier alpha value is -0.450. The van der Waals surface area contributed by atoms with Gasteiger partial charge in [0.2, 0.25) is 0 Å². The molecule has 1 aliphatic carbocycles. The first-order chi connectivity index (χ1) is 9.24. The van der Waals surface area contributed by atoms with Gasteiger partial charge in [0, 0.05) is 25.0 Å². The molecule has 1 heterocycles. The fourth-order valence-electron chi connectivity index (χ4n) is 3.26. The van der Waals surface area contributed by atoms with Gasteiger partial charge in [-0.15, -0.1) is 11.3 Å². The summed E-state index contributed by atoms with van der Waals surface area (Å²) in [6, 6.07) is 0.370. The first-order valence-electron chi connectivity index (χ1n) is 7.35. The molecule has 0 amide bonds. The van der Waals surface area contributed by atoms with Crippen molar-refractivity contribution in [1.29, 1.82) is 0 Å². The molecule has 108 valence electrons. The Labute approximate surface area is 120 Å². The van der Waals surface area contributed by atoms with Gasteiger partial charge in [-0.2, -0.15) is 0 Å². The van der Waals surface area contributed by atoms with Crippen molar-refractivity contribution in [2.75, 3.05) is 14.2 Å². The summed E-state index contributed by atoms with van der Waals surface area (Å²) in [5, 5.41) is 6.77. The third kappa shape index (κ3) is 4.01. The summed E-state index contributed by atoms with van der Waals surface area (Å²) >= 11 is 1.73. The highest BCUT2D eigenvalue weighted by Crippen LogP contribution is 2.30. The Morgan fingerprint density at radius 1 is 1.42 bits per heavy atom. The summed E-state index contributed by atoms with van der Waals surface area (Å²) in [5.74, 6) is 0.705. The molecule has 0 radical (unpaired) electrons. The van der Waals surface area contributed by atoms with E-state index in [0.717, 1.165) is 11.4 Å². The lowest BCUT2D eigenvalue weighted by atomic mass is 9.81. The van der Waals surface area contributed by atoms with Crippen molar-refractivity contribution in [1.82, 2.24) is 10.3 Å². The minimum absolute atomic E-state index is 0.312. The number of nitrogens with zero attached hydrogens (tertiary/aromatic N) is 1. The van der Waals surface area contributed by atoms with Crippen LogP contribution in [0.25, 0.3) is 0 Å². The lowest BCUT2D eigenvalue weighted by Gasteiger charge is -2.34. The Balaban J connectivity index is 2.00. The summed E-state index contributed by atoms with van der Waals surface area (Å²) in [7, 11) is 3.90. The average molecular weight is 282 g/mol. The van der Waals surface area contributed by atoms with Crippen LogP contribution in [-0.2, 0) is 11.2 Å². The van der Waals surface area contributed by atoms with E-state index in [1.165, 1.54) is 37.8 Å². The van der Waals surface area contributed by atoms with Crippen LogP contribution >= 0.6 is 11.3 Å². The van der Waals surface area contributed by atoms with Crippen LogP contribution in [0.2, 0.25) is 0 Å². The maximum atomic E-state index is 5.83. The summed E-state index contributed by atoms with van der Waals surface area (Å²) in [6.45, 7) is 2.07. The van der Waals surface area contributed by atoms with Gasteiger partial charge < -0.3 is 10.1 Å². The zero-order valence-electron chi connectivity index (χ0n) is 12.3. The van der Waals surface area contributed by atoms with Crippen LogP contribution < -0.4 is 5.32 Å². The molecule has 1 fully saturated rings. The maximum absolute atomic E-state index is 5.83. The van der Waals surface area contributed by atoms with Gasteiger partial charge in [-0.05, 0) is 32.7 Å². The first kappa shape index (κ1) is 14.9. The van der Waals surface area contributed by atoms with E-state index in [2.05, 4.69) is 22.6 Å². The van der Waals surface area contributed by atoms with Crippen molar-refractivity contribution in [3.63, 3.8) is 0 Å². The number of rotatable bonds is 6. The minimum atomic E-state index is 0.312. The number of aromatic nitrogens is 1. The monoisotopic (exact) mass is 282 g/mol. The molecule has 1 aromatic rings. The molecule has 1 aliphatic rings. The van der Waals surface area contributed by atoms with E-state index in [0.29, 0.717) is 18.1 Å². The molecular weight excluding hydrogens is 256 g/mol. The lowest BCUT2D eigenvalue weighted by molar-refractivity contribution is 0.00996. The molecular formula is C15H26N2OS. The summed E-state index contributed by atoms with van der Waals surface area (Å²) in [5.41, 5.74) is 1.19. The highest BCUT2D eigenvalue weighted by molar-refractivity contribution is 7.09. The predicted molar refractivity (Wildman–Crippen MR) is 80.8 cm³/mol. The van der Waals surface area contributed by atoms with Crippen molar-refractivity contribution in [2.45, 2.75) is 57.6 Å². The second-order valence-electron chi connectivity index (χ2n) is 5.56. The van der Waals surface area contributed by atoms with Crippen molar-refractivity contribution in [3.8, 4) is 0 Å². The Kier molecular flexibility index (Phi) is 5.79. The van der Waals surface area contributed by atoms with Crippen molar-refractivity contribution < 1.29 is 4.74 Å². The largest absolute Gasteiger partial charge is 0.380 e. The molecule has 3 nitrogen and oxygen atoms in total. The Bertz CT molecular complexity index is 374. The van der Waals surface area contributed by atoms with Crippen LogP contribution in [0.5, 0.6) is 0 Å². The van der Waals surface area contributed by atoms with Crippen LogP contribution in [0, 0.1) is 12.8 Å². The van der Waals surface area contributed by atoms with Gasteiger partial charge in [-0.3, -0.25) is 0 Å². The molecule has 0 spiro atoms. The number of thiazole rings is 1. The van der Waals surface area contributed by atoms with Gasteiger partial charge in [0.05, 0.1) is 16.8 Å². The molecule has 19 heavy (non-hydrogen) atoms. The average Bonchev–Trinajstić information content (AvgIpc) is 2.85. The lowest BCUT2D eigenvalue weighted by Crippen LogP contribution is -2.45. The van der Waals surface area contributed by atoms with Gasteiger partial charge in [0.15, 0.2) is 0 Å². The van der Waals surface area contributed by atoms with Gasteiger partial charge >= 0.3 is 0 Å². The molecule has 2 rings (SSSR count). The molecule has 2 atom stereocenters. The standard InChI is InChI=1S/C15H26N2OS/c1-11-17-13(10-19-11)9-14(16-2)15(18-3)12-7-5-4-6-8-12/h10,12,14-16H,4-9H2,1-3H3. The molecule has 0 aromatic carbocycles. The van der Waals surface area contributed by atoms with Gasteiger partial charge in [0.25, 0.3) is 0 Å². The molecule has 2 unspecified atom stereocenters. The maximum Gasteiger partial charge on any atom is 0.0897 e. The normalized spacial score (nSPS) is 20.4. The third-order valence-corrected chi connectivity index (χ3v) is 5.07. The van der Waals surface area contributed by atoms with Crippen molar-refractivity contribution in [3.05, 3.63) is 16.1 Å². The van der Waals surface area contributed by atoms with E-state index in [1.807, 2.05) is 14.2 Å². The van der Waals surface area contributed by atoms with E-state index >= 15 is 0 Å². The van der Waals surface area contributed by atoms with Crippen LogP contribution in [-0.4, -0.2) is 31.3 Å². The van der Waals surface area contributed by atoms with Crippen LogP contribution in [0.3, 0.4) is 0 Å².